The van der Waals surface area contributed by atoms with E-state index in [2.05, 4.69) is 47.3 Å². The molecule has 4 nitrogen and oxygen atoms in total. The maximum absolute atomic E-state index is 6.25. The maximum Gasteiger partial charge on any atom is 0.225 e. The molecule has 6 heteroatoms. The fourth-order valence-electron chi connectivity index (χ4n) is 1.98. The van der Waals surface area contributed by atoms with Gasteiger partial charge in [-0.2, -0.15) is 0 Å². The number of aryl methyl sites for hydroxylation is 1. The average Bonchev–Trinajstić information content (AvgIpc) is 2.78. The minimum Gasteiger partial charge on any atom is -0.354 e. The molecule has 0 aromatic carbocycles. The van der Waals surface area contributed by atoms with E-state index in [1.807, 2.05) is 0 Å². The first-order chi connectivity index (χ1) is 9.60. The number of hydrogen-bond donors (Lipinski definition) is 1. The first-order valence-electron chi connectivity index (χ1n) is 6.94. The largest absolute Gasteiger partial charge is 0.354 e. The van der Waals surface area contributed by atoms with Gasteiger partial charge in [-0.3, -0.25) is 0 Å². The van der Waals surface area contributed by atoms with Crippen molar-refractivity contribution in [1.29, 1.82) is 0 Å². The van der Waals surface area contributed by atoms with Crippen molar-refractivity contribution in [3.63, 3.8) is 0 Å². The van der Waals surface area contributed by atoms with Crippen LogP contribution in [0.25, 0.3) is 10.2 Å². The first kappa shape index (κ1) is 15.5. The maximum atomic E-state index is 6.25. The number of aromatic nitrogens is 2. The highest BCUT2D eigenvalue weighted by molar-refractivity contribution is 7.18. The molecule has 2 rings (SSSR count). The molecule has 0 unspecified atom stereocenters. The summed E-state index contributed by atoms with van der Waals surface area (Å²) in [6.45, 7) is 4.07. The van der Waals surface area contributed by atoms with E-state index in [0.29, 0.717) is 11.1 Å². The highest BCUT2D eigenvalue weighted by Crippen LogP contribution is 2.30. The highest BCUT2D eigenvalue weighted by atomic mass is 35.5. The summed E-state index contributed by atoms with van der Waals surface area (Å²) in [6, 6.07) is 2.11. The van der Waals surface area contributed by atoms with Gasteiger partial charge in [0.15, 0.2) is 0 Å². The third-order valence-corrected chi connectivity index (χ3v) is 4.34. The SMILES string of the molecule is CCCc1cc2c(Cl)nc(NCCCN(C)C)nc2s1. The Balaban J connectivity index is 2.07. The van der Waals surface area contributed by atoms with E-state index < -0.39 is 0 Å². The van der Waals surface area contributed by atoms with Gasteiger partial charge in [0.1, 0.15) is 9.98 Å². The summed E-state index contributed by atoms with van der Waals surface area (Å²) in [6.07, 6.45) is 3.26. The van der Waals surface area contributed by atoms with Gasteiger partial charge >= 0.3 is 0 Å². The number of nitrogens with zero attached hydrogens (tertiary/aromatic N) is 3. The molecule has 1 N–H and O–H groups in total. The van der Waals surface area contributed by atoms with Crippen molar-refractivity contribution < 1.29 is 0 Å². The molecule has 0 aliphatic heterocycles. The van der Waals surface area contributed by atoms with Crippen LogP contribution in [-0.4, -0.2) is 42.1 Å². The van der Waals surface area contributed by atoms with Gasteiger partial charge in [-0.05, 0) is 39.5 Å². The minimum absolute atomic E-state index is 0.545. The fourth-order valence-corrected chi connectivity index (χ4v) is 3.39. The van der Waals surface area contributed by atoms with Gasteiger partial charge < -0.3 is 10.2 Å². The zero-order valence-electron chi connectivity index (χ0n) is 12.2. The summed E-state index contributed by atoms with van der Waals surface area (Å²) in [5.41, 5.74) is 0. The van der Waals surface area contributed by atoms with Crippen LogP contribution >= 0.6 is 22.9 Å². The first-order valence-corrected chi connectivity index (χ1v) is 8.14. The molecule has 0 aliphatic rings. The van der Waals surface area contributed by atoms with Crippen molar-refractivity contribution in [3.8, 4) is 0 Å². The Labute approximate surface area is 129 Å². The topological polar surface area (TPSA) is 41.1 Å². The minimum atomic E-state index is 0.545. The summed E-state index contributed by atoms with van der Waals surface area (Å²) >= 11 is 7.96. The average molecular weight is 313 g/mol. The second-order valence-corrected chi connectivity index (χ2v) is 6.58. The molecule has 0 amide bonds. The van der Waals surface area contributed by atoms with Gasteiger partial charge in [-0.1, -0.05) is 24.9 Å². The van der Waals surface area contributed by atoms with Crippen LogP contribution in [0.5, 0.6) is 0 Å². The predicted octanol–water partition coefficient (Wildman–Crippen LogP) is 3.66. The predicted molar refractivity (Wildman–Crippen MR) is 88.1 cm³/mol. The van der Waals surface area contributed by atoms with Crippen LogP contribution in [0.4, 0.5) is 5.95 Å². The van der Waals surface area contributed by atoms with E-state index >= 15 is 0 Å². The second-order valence-electron chi connectivity index (χ2n) is 5.10. The lowest BCUT2D eigenvalue weighted by Gasteiger charge is -2.09. The van der Waals surface area contributed by atoms with Gasteiger partial charge in [0, 0.05) is 16.8 Å². The van der Waals surface area contributed by atoms with Crippen LogP contribution in [0.2, 0.25) is 5.15 Å². The second kappa shape index (κ2) is 7.20. The number of anilines is 1. The summed E-state index contributed by atoms with van der Waals surface area (Å²) in [5.74, 6) is 0.631. The Hall–Kier alpha value is -0.910. The van der Waals surface area contributed by atoms with Crippen molar-refractivity contribution in [3.05, 3.63) is 16.1 Å². The van der Waals surface area contributed by atoms with Crippen LogP contribution in [0.1, 0.15) is 24.6 Å². The number of fused-ring (bicyclic) bond motifs is 1. The molecule has 0 radical (unpaired) electrons. The number of thiophene rings is 1. The van der Waals surface area contributed by atoms with E-state index in [0.717, 1.165) is 42.6 Å². The number of halogens is 1. The van der Waals surface area contributed by atoms with Crippen LogP contribution in [0, 0.1) is 0 Å². The Bertz CT molecular complexity index is 568. The number of hydrogen-bond acceptors (Lipinski definition) is 5. The van der Waals surface area contributed by atoms with Gasteiger partial charge in [0.05, 0.1) is 0 Å². The van der Waals surface area contributed by atoms with E-state index in [-0.39, 0.29) is 0 Å². The molecule has 0 saturated carbocycles. The molecule has 2 aromatic heterocycles. The monoisotopic (exact) mass is 312 g/mol. The van der Waals surface area contributed by atoms with Crippen LogP contribution in [-0.2, 0) is 6.42 Å². The molecule has 0 bridgehead atoms. The molecule has 0 aliphatic carbocycles. The molecular formula is C14H21ClN4S. The molecule has 0 saturated heterocycles. The Kier molecular flexibility index (Phi) is 5.57. The molecule has 20 heavy (non-hydrogen) atoms. The molecule has 2 aromatic rings. The Morgan fingerprint density at radius 2 is 2.15 bits per heavy atom. The van der Waals surface area contributed by atoms with Crippen molar-refractivity contribution in [2.45, 2.75) is 26.2 Å². The van der Waals surface area contributed by atoms with Crippen LogP contribution < -0.4 is 5.32 Å². The number of nitrogens with one attached hydrogen (secondary N) is 1. The number of rotatable bonds is 7. The van der Waals surface area contributed by atoms with Crippen LogP contribution in [0.15, 0.2) is 6.07 Å². The molecular weight excluding hydrogens is 292 g/mol. The Morgan fingerprint density at radius 1 is 1.35 bits per heavy atom. The summed E-state index contributed by atoms with van der Waals surface area (Å²) in [4.78, 5) is 13.3. The van der Waals surface area contributed by atoms with Crippen LogP contribution in [0.3, 0.4) is 0 Å². The van der Waals surface area contributed by atoms with E-state index in [9.17, 15) is 0 Å². The third kappa shape index (κ3) is 4.04. The van der Waals surface area contributed by atoms with Gasteiger partial charge in [0.25, 0.3) is 0 Å². The van der Waals surface area contributed by atoms with E-state index in [1.54, 1.807) is 11.3 Å². The van der Waals surface area contributed by atoms with Crippen molar-refractivity contribution >= 4 is 39.1 Å². The van der Waals surface area contributed by atoms with Crippen molar-refractivity contribution in [2.75, 3.05) is 32.5 Å². The van der Waals surface area contributed by atoms with E-state index in [1.165, 1.54) is 4.88 Å². The van der Waals surface area contributed by atoms with Crippen molar-refractivity contribution in [1.82, 2.24) is 14.9 Å². The quantitative estimate of drug-likeness (QED) is 0.626. The molecule has 0 fully saturated rings. The molecule has 0 spiro atoms. The summed E-state index contributed by atoms with van der Waals surface area (Å²) < 4.78 is 0. The standard InChI is InChI=1S/C14H21ClN4S/c1-4-6-10-9-11-12(15)17-14(18-13(11)20-10)16-7-5-8-19(2)3/h9H,4-8H2,1-3H3,(H,16,17,18). The summed E-state index contributed by atoms with van der Waals surface area (Å²) in [7, 11) is 4.14. The van der Waals surface area contributed by atoms with E-state index in [4.69, 9.17) is 11.6 Å². The lowest BCUT2D eigenvalue weighted by molar-refractivity contribution is 0.405. The van der Waals surface area contributed by atoms with Gasteiger partial charge in [0.2, 0.25) is 5.95 Å². The lowest BCUT2D eigenvalue weighted by Crippen LogP contribution is -2.17. The smallest absolute Gasteiger partial charge is 0.225 e. The third-order valence-electron chi connectivity index (χ3n) is 2.96. The molecule has 110 valence electrons. The Morgan fingerprint density at radius 3 is 2.85 bits per heavy atom. The highest BCUT2D eigenvalue weighted by Gasteiger charge is 2.09. The molecule has 2 heterocycles. The normalized spacial score (nSPS) is 11.4. The van der Waals surface area contributed by atoms with Crippen molar-refractivity contribution in [2.24, 2.45) is 0 Å². The van der Waals surface area contributed by atoms with Gasteiger partial charge in [-0.25, -0.2) is 9.97 Å². The fraction of sp³-hybridized carbons (Fsp3) is 0.571. The molecule has 0 atom stereocenters. The zero-order valence-corrected chi connectivity index (χ0v) is 13.8. The summed E-state index contributed by atoms with van der Waals surface area (Å²) in [5, 5.41) is 4.76. The van der Waals surface area contributed by atoms with Gasteiger partial charge in [-0.15, -0.1) is 11.3 Å². The lowest BCUT2D eigenvalue weighted by atomic mass is 10.3. The zero-order chi connectivity index (χ0) is 14.5.